The molecule has 0 amide bonds. The van der Waals surface area contributed by atoms with Crippen molar-refractivity contribution in [3.8, 4) is 11.5 Å². The molecule has 0 unspecified atom stereocenters. The van der Waals surface area contributed by atoms with Gasteiger partial charge in [-0.3, -0.25) is 0 Å². The molecule has 0 aromatic heterocycles. The highest BCUT2D eigenvalue weighted by molar-refractivity contribution is 5.80. The van der Waals surface area contributed by atoms with Gasteiger partial charge in [-0.05, 0) is 24.6 Å². The third-order valence-electron chi connectivity index (χ3n) is 1.88. The number of benzene rings is 1. The van der Waals surface area contributed by atoms with Crippen LogP contribution in [0.5, 0.6) is 11.5 Å². The van der Waals surface area contributed by atoms with Crippen LogP contribution in [0.4, 0.5) is 0 Å². The molecule has 4 nitrogen and oxygen atoms in total. The Balaban J connectivity index is 2.57. The molecule has 0 spiro atoms. The lowest BCUT2D eigenvalue weighted by molar-refractivity contribution is -0.131. The van der Waals surface area contributed by atoms with E-state index in [1.54, 1.807) is 26.2 Å². The fourth-order valence-electron chi connectivity index (χ4n) is 1.14. The first-order valence-electron chi connectivity index (χ1n) is 4.79. The highest BCUT2D eigenvalue weighted by Crippen LogP contribution is 2.19. The number of carbonyl (C=O) groups is 1. The van der Waals surface area contributed by atoms with Crippen LogP contribution in [0, 0.1) is 0 Å². The summed E-state index contributed by atoms with van der Waals surface area (Å²) in [5, 5.41) is 8.51. The van der Waals surface area contributed by atoms with Crippen molar-refractivity contribution in [2.24, 2.45) is 0 Å². The molecule has 0 aliphatic carbocycles. The van der Waals surface area contributed by atoms with Gasteiger partial charge in [0.15, 0.2) is 0 Å². The predicted molar refractivity (Wildman–Crippen MR) is 59.9 cm³/mol. The monoisotopic (exact) mass is 222 g/mol. The zero-order valence-corrected chi connectivity index (χ0v) is 9.27. The third-order valence-corrected chi connectivity index (χ3v) is 1.88. The highest BCUT2D eigenvalue weighted by atomic mass is 16.5. The van der Waals surface area contributed by atoms with Gasteiger partial charge in [0.2, 0.25) is 0 Å². The minimum absolute atomic E-state index is 0.249. The smallest absolute Gasteiger partial charge is 0.328 e. The molecule has 0 aliphatic rings. The molecule has 0 fully saturated rings. The van der Waals surface area contributed by atoms with Crippen LogP contribution in [0.3, 0.4) is 0 Å². The van der Waals surface area contributed by atoms with E-state index in [0.717, 1.165) is 6.08 Å². The first kappa shape index (κ1) is 12.1. The molecule has 86 valence electrons. The van der Waals surface area contributed by atoms with Crippen molar-refractivity contribution in [1.29, 1.82) is 0 Å². The molecule has 0 saturated heterocycles. The van der Waals surface area contributed by atoms with E-state index in [2.05, 4.69) is 0 Å². The summed E-state index contributed by atoms with van der Waals surface area (Å²) in [5.41, 5.74) is 0.648. The summed E-state index contributed by atoms with van der Waals surface area (Å²) in [6.07, 6.45) is 1.13. The number of hydrogen-bond acceptors (Lipinski definition) is 3. The Morgan fingerprint density at radius 2 is 2.12 bits per heavy atom. The molecular weight excluding hydrogens is 208 g/mol. The van der Waals surface area contributed by atoms with Gasteiger partial charge >= 0.3 is 5.97 Å². The average Bonchev–Trinajstić information content (AvgIpc) is 2.26. The molecule has 4 heteroatoms. The molecule has 1 rings (SSSR count). The molecule has 0 radical (unpaired) electrons. The first-order valence-corrected chi connectivity index (χ1v) is 4.79. The molecule has 0 saturated carbocycles. The number of methoxy groups -OCH3 is 1. The van der Waals surface area contributed by atoms with Crippen molar-refractivity contribution in [1.82, 2.24) is 0 Å². The van der Waals surface area contributed by atoms with Gasteiger partial charge in [-0.25, -0.2) is 4.79 Å². The molecule has 0 atom stereocenters. The minimum Gasteiger partial charge on any atom is -0.497 e. The Labute approximate surface area is 94.1 Å². The molecule has 1 N–H and O–H groups in total. The Hall–Kier alpha value is -1.97. The lowest BCUT2D eigenvalue weighted by Crippen LogP contribution is -2.01. The highest BCUT2D eigenvalue weighted by Gasteiger charge is 1.98. The largest absolute Gasteiger partial charge is 0.497 e. The van der Waals surface area contributed by atoms with Crippen LogP contribution < -0.4 is 9.47 Å². The van der Waals surface area contributed by atoms with E-state index in [4.69, 9.17) is 14.6 Å². The summed E-state index contributed by atoms with van der Waals surface area (Å²) < 4.78 is 10.4. The molecule has 1 aromatic rings. The second-order valence-corrected chi connectivity index (χ2v) is 3.30. The fourth-order valence-corrected chi connectivity index (χ4v) is 1.14. The molecule has 0 aliphatic heterocycles. The van der Waals surface area contributed by atoms with Gasteiger partial charge in [0, 0.05) is 12.1 Å². The van der Waals surface area contributed by atoms with E-state index in [1.165, 1.54) is 0 Å². The molecule has 1 aromatic carbocycles. The second kappa shape index (κ2) is 5.80. The molecule has 0 heterocycles. The maximum absolute atomic E-state index is 10.4. The van der Waals surface area contributed by atoms with Crippen molar-refractivity contribution in [3.05, 3.63) is 35.9 Å². The summed E-state index contributed by atoms with van der Waals surface area (Å²) in [5.74, 6) is 0.390. The normalized spacial score (nSPS) is 11.0. The van der Waals surface area contributed by atoms with Crippen molar-refractivity contribution in [2.75, 3.05) is 13.7 Å². The maximum atomic E-state index is 10.4. The van der Waals surface area contributed by atoms with Crippen LogP contribution >= 0.6 is 0 Å². The summed E-state index contributed by atoms with van der Waals surface area (Å²) >= 11 is 0. The van der Waals surface area contributed by atoms with E-state index >= 15 is 0 Å². The standard InChI is InChI=1S/C12H14O4/c1-9(6-12(13)14)8-16-11-5-3-4-10(7-11)15-2/h3-7H,8H2,1-2H3,(H,13,14). The Kier molecular flexibility index (Phi) is 4.39. The first-order chi connectivity index (χ1) is 7.61. The van der Waals surface area contributed by atoms with Crippen molar-refractivity contribution in [3.63, 3.8) is 0 Å². The number of rotatable bonds is 5. The van der Waals surface area contributed by atoms with Crippen LogP contribution in [0.1, 0.15) is 6.92 Å². The minimum atomic E-state index is -0.966. The van der Waals surface area contributed by atoms with E-state index in [1.807, 2.05) is 12.1 Å². The molecular formula is C12H14O4. The topological polar surface area (TPSA) is 55.8 Å². The fraction of sp³-hybridized carbons (Fsp3) is 0.250. The van der Waals surface area contributed by atoms with Gasteiger partial charge in [0.25, 0.3) is 0 Å². The average molecular weight is 222 g/mol. The second-order valence-electron chi connectivity index (χ2n) is 3.30. The van der Waals surface area contributed by atoms with Gasteiger partial charge in [0.1, 0.15) is 18.1 Å². The van der Waals surface area contributed by atoms with E-state index in [-0.39, 0.29) is 6.61 Å². The molecule has 16 heavy (non-hydrogen) atoms. The van der Waals surface area contributed by atoms with E-state index < -0.39 is 5.97 Å². The summed E-state index contributed by atoms with van der Waals surface area (Å²) in [6.45, 7) is 1.95. The number of carboxylic acids is 1. The van der Waals surface area contributed by atoms with Gasteiger partial charge in [0.05, 0.1) is 7.11 Å². The summed E-state index contributed by atoms with van der Waals surface area (Å²) in [7, 11) is 1.58. The van der Waals surface area contributed by atoms with Crippen LogP contribution in [0.25, 0.3) is 0 Å². The molecule has 0 bridgehead atoms. The van der Waals surface area contributed by atoms with E-state index in [9.17, 15) is 4.79 Å². The quantitative estimate of drug-likeness (QED) is 0.775. The number of carboxylic acid groups (broad SMARTS) is 1. The zero-order chi connectivity index (χ0) is 12.0. The van der Waals surface area contributed by atoms with Gasteiger partial charge in [-0.2, -0.15) is 0 Å². The zero-order valence-electron chi connectivity index (χ0n) is 9.27. The maximum Gasteiger partial charge on any atom is 0.328 e. The van der Waals surface area contributed by atoms with Crippen LogP contribution in [-0.2, 0) is 4.79 Å². The van der Waals surface area contributed by atoms with Crippen molar-refractivity contribution < 1.29 is 19.4 Å². The van der Waals surface area contributed by atoms with Crippen molar-refractivity contribution >= 4 is 5.97 Å². The number of hydrogen-bond donors (Lipinski definition) is 1. The predicted octanol–water partition coefficient (Wildman–Crippen LogP) is 2.10. The summed E-state index contributed by atoms with van der Waals surface area (Å²) in [4.78, 5) is 10.4. The number of aliphatic carboxylic acids is 1. The van der Waals surface area contributed by atoms with Gasteiger partial charge < -0.3 is 14.6 Å². The van der Waals surface area contributed by atoms with Gasteiger partial charge in [-0.15, -0.1) is 0 Å². The van der Waals surface area contributed by atoms with Crippen LogP contribution in [0.2, 0.25) is 0 Å². The lowest BCUT2D eigenvalue weighted by Gasteiger charge is -2.07. The van der Waals surface area contributed by atoms with Crippen LogP contribution in [0.15, 0.2) is 35.9 Å². The number of ether oxygens (including phenoxy) is 2. The van der Waals surface area contributed by atoms with Crippen molar-refractivity contribution in [2.45, 2.75) is 6.92 Å². The lowest BCUT2D eigenvalue weighted by atomic mass is 10.3. The van der Waals surface area contributed by atoms with Crippen LogP contribution in [-0.4, -0.2) is 24.8 Å². The van der Waals surface area contributed by atoms with Gasteiger partial charge in [-0.1, -0.05) is 6.07 Å². The SMILES string of the molecule is COc1cccc(OCC(C)=CC(=O)O)c1. The van der Waals surface area contributed by atoms with E-state index in [0.29, 0.717) is 17.1 Å². The summed E-state index contributed by atoms with van der Waals surface area (Å²) in [6, 6.07) is 7.15. The third kappa shape index (κ3) is 4.04. The Bertz CT molecular complexity index is 396. The Morgan fingerprint density at radius 3 is 2.75 bits per heavy atom. The Morgan fingerprint density at radius 1 is 1.44 bits per heavy atom.